The molecule has 0 saturated heterocycles. The first-order valence-corrected chi connectivity index (χ1v) is 9.91. The first-order valence-electron chi connectivity index (χ1n) is 8.69. The van der Waals surface area contributed by atoms with Crippen molar-refractivity contribution < 1.29 is 9.90 Å². The van der Waals surface area contributed by atoms with E-state index in [0.29, 0.717) is 17.8 Å². The van der Waals surface area contributed by atoms with Crippen LogP contribution in [-0.2, 0) is 4.79 Å². The van der Waals surface area contributed by atoms with E-state index >= 15 is 0 Å². The summed E-state index contributed by atoms with van der Waals surface area (Å²) in [6, 6.07) is 0. The number of carbonyl (C=O) groups is 1. The van der Waals surface area contributed by atoms with E-state index in [4.69, 9.17) is 0 Å². The molecule has 4 rings (SSSR count). The fourth-order valence-corrected chi connectivity index (χ4v) is 7.37. The van der Waals surface area contributed by atoms with Gasteiger partial charge in [0.2, 0.25) is 0 Å². The Morgan fingerprint density at radius 1 is 1.23 bits per heavy atom. The topological polar surface area (TPSA) is 37.3 Å². The molecule has 0 aromatic heterocycles. The highest BCUT2D eigenvalue weighted by Gasteiger charge is 2.59. The van der Waals surface area contributed by atoms with E-state index in [2.05, 4.69) is 19.3 Å². The molecule has 6 atom stereocenters. The fraction of sp³-hybridized carbons (Fsp3) is 0.737. The van der Waals surface area contributed by atoms with Gasteiger partial charge in [0.1, 0.15) is 0 Å². The molecule has 0 heterocycles. The van der Waals surface area contributed by atoms with Gasteiger partial charge in [0.15, 0.2) is 5.78 Å². The lowest BCUT2D eigenvalue weighted by Crippen LogP contribution is -2.53. The van der Waals surface area contributed by atoms with Crippen molar-refractivity contribution in [3.05, 3.63) is 23.8 Å². The van der Waals surface area contributed by atoms with Crippen molar-refractivity contribution in [2.24, 2.45) is 23.2 Å². The van der Waals surface area contributed by atoms with Crippen LogP contribution in [0.4, 0.5) is 0 Å². The standard InChI is InChI=1S/C19H26O2S/c1-18-9-8-16-14(15(18)5-6-17(18)21)4-3-12-11-13(20)7-10-19(12,16)22-2/h7,10-11,14-17,21H,3-6,8-9H2,1-2H3/t14-,15-,16-,17-,18-,19+/m0/s1. The summed E-state index contributed by atoms with van der Waals surface area (Å²) >= 11 is 1.93. The Morgan fingerprint density at radius 2 is 2.05 bits per heavy atom. The van der Waals surface area contributed by atoms with Crippen LogP contribution in [0.25, 0.3) is 0 Å². The molecule has 0 radical (unpaired) electrons. The van der Waals surface area contributed by atoms with Crippen molar-refractivity contribution in [1.82, 2.24) is 0 Å². The van der Waals surface area contributed by atoms with Crippen LogP contribution >= 0.6 is 11.8 Å². The largest absolute Gasteiger partial charge is 0.393 e. The molecule has 3 fully saturated rings. The van der Waals surface area contributed by atoms with Crippen LogP contribution in [0.5, 0.6) is 0 Å². The zero-order valence-electron chi connectivity index (χ0n) is 13.5. The second-order valence-electron chi connectivity index (χ2n) is 7.96. The van der Waals surface area contributed by atoms with Crippen LogP contribution in [0.1, 0.15) is 45.4 Å². The predicted molar refractivity (Wildman–Crippen MR) is 90.8 cm³/mol. The smallest absolute Gasteiger partial charge is 0.178 e. The van der Waals surface area contributed by atoms with Crippen molar-refractivity contribution in [3.63, 3.8) is 0 Å². The Balaban J connectivity index is 1.73. The van der Waals surface area contributed by atoms with Crippen LogP contribution < -0.4 is 0 Å². The molecule has 2 nitrogen and oxygen atoms in total. The van der Waals surface area contributed by atoms with Gasteiger partial charge in [-0.25, -0.2) is 0 Å². The van der Waals surface area contributed by atoms with Crippen molar-refractivity contribution in [1.29, 1.82) is 0 Å². The first-order chi connectivity index (χ1) is 10.5. The number of fused-ring (bicyclic) bond motifs is 5. The number of hydrogen-bond acceptors (Lipinski definition) is 3. The molecule has 0 unspecified atom stereocenters. The van der Waals surface area contributed by atoms with E-state index in [9.17, 15) is 9.90 Å². The zero-order chi connectivity index (χ0) is 15.5. The van der Waals surface area contributed by atoms with Gasteiger partial charge in [-0.1, -0.05) is 13.0 Å². The molecular weight excluding hydrogens is 292 g/mol. The summed E-state index contributed by atoms with van der Waals surface area (Å²) in [6.45, 7) is 2.32. The normalized spacial score (nSPS) is 50.1. The molecule has 3 saturated carbocycles. The van der Waals surface area contributed by atoms with Gasteiger partial charge in [0, 0.05) is 0 Å². The van der Waals surface area contributed by atoms with Gasteiger partial charge in [-0.15, -0.1) is 11.8 Å². The molecule has 0 amide bonds. The van der Waals surface area contributed by atoms with Gasteiger partial charge >= 0.3 is 0 Å². The molecule has 0 aromatic rings. The van der Waals surface area contributed by atoms with Crippen LogP contribution in [0.15, 0.2) is 23.8 Å². The van der Waals surface area contributed by atoms with Gasteiger partial charge in [-0.3, -0.25) is 4.79 Å². The van der Waals surface area contributed by atoms with Gasteiger partial charge in [-0.05, 0) is 85.7 Å². The zero-order valence-corrected chi connectivity index (χ0v) is 14.4. The number of aliphatic hydroxyl groups excluding tert-OH is 1. The van der Waals surface area contributed by atoms with E-state index in [1.165, 1.54) is 24.8 Å². The van der Waals surface area contributed by atoms with Crippen LogP contribution in [0.3, 0.4) is 0 Å². The lowest BCUT2D eigenvalue weighted by Gasteiger charge is -2.57. The Labute approximate surface area is 137 Å². The summed E-state index contributed by atoms with van der Waals surface area (Å²) in [5.41, 5.74) is 1.49. The summed E-state index contributed by atoms with van der Waals surface area (Å²) in [4.78, 5) is 11.8. The van der Waals surface area contributed by atoms with Crippen LogP contribution in [0.2, 0.25) is 0 Å². The number of carbonyl (C=O) groups excluding carboxylic acids is 1. The number of allylic oxidation sites excluding steroid dienone is 2. The molecule has 4 aliphatic rings. The number of thioether (sulfide) groups is 1. The minimum atomic E-state index is -0.107. The highest BCUT2D eigenvalue weighted by atomic mass is 32.2. The second kappa shape index (κ2) is 4.98. The Morgan fingerprint density at radius 3 is 2.82 bits per heavy atom. The Hall–Kier alpha value is -0.540. The maximum absolute atomic E-state index is 11.8. The number of rotatable bonds is 1. The molecule has 0 bridgehead atoms. The summed E-state index contributed by atoms with van der Waals surface area (Å²) in [6.07, 6.45) is 14.7. The fourth-order valence-electron chi connectivity index (χ4n) is 6.14. The van der Waals surface area contributed by atoms with E-state index < -0.39 is 0 Å². The van der Waals surface area contributed by atoms with Gasteiger partial charge in [0.25, 0.3) is 0 Å². The maximum Gasteiger partial charge on any atom is 0.178 e. The van der Waals surface area contributed by atoms with E-state index in [1.807, 2.05) is 17.8 Å². The quantitative estimate of drug-likeness (QED) is 0.800. The van der Waals surface area contributed by atoms with E-state index in [-0.39, 0.29) is 22.0 Å². The van der Waals surface area contributed by atoms with E-state index in [1.54, 1.807) is 6.08 Å². The highest BCUT2D eigenvalue weighted by Crippen LogP contribution is 2.64. The van der Waals surface area contributed by atoms with Crippen molar-refractivity contribution in [2.45, 2.75) is 56.3 Å². The minimum absolute atomic E-state index is 0.0473. The number of hydrogen-bond donors (Lipinski definition) is 1. The second-order valence-corrected chi connectivity index (χ2v) is 9.04. The van der Waals surface area contributed by atoms with Crippen LogP contribution in [0, 0.1) is 23.2 Å². The minimum Gasteiger partial charge on any atom is -0.393 e. The predicted octanol–water partition coefficient (Wildman–Crippen LogP) is 3.75. The third kappa shape index (κ3) is 1.81. The number of ketones is 1. The lowest BCUT2D eigenvalue weighted by molar-refractivity contribution is -0.110. The maximum atomic E-state index is 11.8. The molecule has 22 heavy (non-hydrogen) atoms. The molecule has 1 N–H and O–H groups in total. The number of aliphatic hydroxyl groups is 1. The molecule has 120 valence electrons. The monoisotopic (exact) mass is 318 g/mol. The summed E-state index contributed by atoms with van der Waals surface area (Å²) in [5.74, 6) is 2.17. The molecule has 0 aliphatic heterocycles. The average Bonchev–Trinajstić information content (AvgIpc) is 2.82. The Kier molecular flexibility index (Phi) is 3.40. The lowest BCUT2D eigenvalue weighted by atomic mass is 9.52. The summed E-state index contributed by atoms with van der Waals surface area (Å²) in [7, 11) is 0. The SMILES string of the molecule is CS[C@]12C=CC(=O)C=C1CC[C@H]1[C@@H]3CC[C@H](O)[C@@]3(C)CC[C@@H]12. The Bertz CT molecular complexity index is 566. The molecule has 3 heteroatoms. The van der Waals surface area contributed by atoms with Crippen molar-refractivity contribution in [3.8, 4) is 0 Å². The van der Waals surface area contributed by atoms with E-state index in [0.717, 1.165) is 19.3 Å². The van der Waals surface area contributed by atoms with Gasteiger partial charge in [0.05, 0.1) is 10.9 Å². The molecule has 4 aliphatic carbocycles. The highest BCUT2D eigenvalue weighted by molar-refractivity contribution is 8.00. The third-order valence-electron chi connectivity index (χ3n) is 7.34. The molecule has 0 aromatic carbocycles. The average molecular weight is 318 g/mol. The summed E-state index contributed by atoms with van der Waals surface area (Å²) in [5, 5.41) is 10.5. The van der Waals surface area contributed by atoms with Crippen LogP contribution in [-0.4, -0.2) is 28.0 Å². The van der Waals surface area contributed by atoms with Crippen molar-refractivity contribution in [2.75, 3.05) is 6.26 Å². The molecular formula is C19H26O2S. The van der Waals surface area contributed by atoms with Gasteiger partial charge < -0.3 is 5.11 Å². The first kappa shape index (κ1) is 15.0. The molecule has 0 spiro atoms. The third-order valence-corrected chi connectivity index (χ3v) is 8.71. The summed E-state index contributed by atoms with van der Waals surface area (Å²) < 4.78 is 0.0473. The van der Waals surface area contributed by atoms with Crippen molar-refractivity contribution >= 4 is 17.5 Å². The van der Waals surface area contributed by atoms with Gasteiger partial charge in [-0.2, -0.15) is 0 Å².